The van der Waals surface area contributed by atoms with Crippen molar-refractivity contribution < 1.29 is 4.74 Å². The number of para-hydroxylation sites is 2. The van der Waals surface area contributed by atoms with E-state index in [1.165, 1.54) is 0 Å². The molecular weight excluding hydrogens is 336 g/mol. The molecule has 0 radical (unpaired) electrons. The van der Waals surface area contributed by atoms with E-state index in [0.717, 1.165) is 27.8 Å². The number of ether oxygens (including phenoxy) is 1. The van der Waals surface area contributed by atoms with E-state index in [1.54, 1.807) is 7.11 Å². The number of aryl methyl sites for hydroxylation is 1. The second-order valence-corrected chi connectivity index (χ2v) is 5.93. The zero-order valence-electron chi connectivity index (χ0n) is 14.1. The predicted molar refractivity (Wildman–Crippen MR) is 102 cm³/mol. The van der Waals surface area contributed by atoms with Crippen LogP contribution < -0.4 is 15.4 Å². The van der Waals surface area contributed by atoms with Gasteiger partial charge in [0.05, 0.1) is 12.8 Å². The van der Waals surface area contributed by atoms with Crippen LogP contribution in [0.25, 0.3) is 0 Å². The van der Waals surface area contributed by atoms with E-state index >= 15 is 0 Å². The lowest BCUT2D eigenvalue weighted by atomic mass is 10.2. The summed E-state index contributed by atoms with van der Waals surface area (Å²) in [6.45, 7) is 2.52. The van der Waals surface area contributed by atoms with E-state index in [1.807, 2.05) is 61.5 Å². The average molecular weight is 355 g/mol. The summed E-state index contributed by atoms with van der Waals surface area (Å²) >= 11 is 5.91. The van der Waals surface area contributed by atoms with Gasteiger partial charge in [-0.25, -0.2) is 9.97 Å². The lowest BCUT2D eigenvalue weighted by Gasteiger charge is -2.12. The van der Waals surface area contributed by atoms with E-state index in [2.05, 4.69) is 20.6 Å². The Kier molecular flexibility index (Phi) is 5.36. The summed E-state index contributed by atoms with van der Waals surface area (Å²) < 4.78 is 5.36. The molecule has 0 aliphatic carbocycles. The molecule has 0 saturated heterocycles. The Hall–Kier alpha value is -2.79. The molecule has 0 fully saturated rings. The van der Waals surface area contributed by atoms with Crippen molar-refractivity contribution in [3.05, 3.63) is 71.0 Å². The molecule has 0 unspecified atom stereocenters. The second-order valence-electron chi connectivity index (χ2n) is 5.49. The van der Waals surface area contributed by atoms with Gasteiger partial charge in [-0.1, -0.05) is 35.9 Å². The van der Waals surface area contributed by atoms with Gasteiger partial charge in [0.1, 0.15) is 23.2 Å². The topological polar surface area (TPSA) is 59.1 Å². The number of benzene rings is 2. The van der Waals surface area contributed by atoms with E-state index < -0.39 is 0 Å². The first-order chi connectivity index (χ1) is 12.1. The minimum absolute atomic E-state index is 0.654. The number of rotatable bonds is 6. The molecule has 1 heterocycles. The number of nitrogens with one attached hydrogen (secondary N) is 2. The fourth-order valence-electron chi connectivity index (χ4n) is 2.40. The van der Waals surface area contributed by atoms with Gasteiger partial charge in [-0.2, -0.15) is 0 Å². The normalized spacial score (nSPS) is 10.4. The molecule has 0 spiro atoms. The van der Waals surface area contributed by atoms with Gasteiger partial charge in [0.15, 0.2) is 0 Å². The summed E-state index contributed by atoms with van der Waals surface area (Å²) in [5.74, 6) is 2.89. The first-order valence-electron chi connectivity index (χ1n) is 7.88. The first kappa shape index (κ1) is 17.0. The van der Waals surface area contributed by atoms with Crippen LogP contribution in [0.3, 0.4) is 0 Å². The van der Waals surface area contributed by atoms with Crippen molar-refractivity contribution in [2.75, 3.05) is 17.7 Å². The number of anilines is 3. The highest BCUT2D eigenvalue weighted by Gasteiger charge is 2.06. The molecule has 0 aliphatic rings. The minimum atomic E-state index is 0.654. The Morgan fingerprint density at radius 1 is 1.00 bits per heavy atom. The van der Waals surface area contributed by atoms with Crippen LogP contribution in [0.4, 0.5) is 17.3 Å². The Labute approximate surface area is 152 Å². The SMILES string of the molecule is COc1ccccc1Nc1cc(NCc2ccc(Cl)cc2)nc(C)n1. The number of halogens is 1. The third kappa shape index (κ3) is 4.61. The zero-order valence-corrected chi connectivity index (χ0v) is 14.8. The van der Waals surface area contributed by atoms with E-state index in [-0.39, 0.29) is 0 Å². The van der Waals surface area contributed by atoms with Crippen molar-refractivity contribution >= 4 is 28.9 Å². The van der Waals surface area contributed by atoms with Crippen molar-refractivity contribution in [1.82, 2.24) is 9.97 Å². The van der Waals surface area contributed by atoms with Crippen molar-refractivity contribution in [3.63, 3.8) is 0 Å². The van der Waals surface area contributed by atoms with Gasteiger partial charge < -0.3 is 15.4 Å². The molecule has 0 amide bonds. The number of aromatic nitrogens is 2. The van der Waals surface area contributed by atoms with Gasteiger partial charge in [0, 0.05) is 17.6 Å². The van der Waals surface area contributed by atoms with Crippen LogP contribution in [0, 0.1) is 6.92 Å². The molecule has 0 atom stereocenters. The van der Waals surface area contributed by atoms with Crippen LogP contribution >= 0.6 is 11.6 Å². The molecule has 0 aliphatic heterocycles. The summed E-state index contributed by atoms with van der Waals surface area (Å²) in [6.07, 6.45) is 0. The molecule has 2 aromatic carbocycles. The molecule has 25 heavy (non-hydrogen) atoms. The van der Waals surface area contributed by atoms with Gasteiger partial charge in [-0.05, 0) is 36.8 Å². The maximum atomic E-state index is 5.91. The maximum Gasteiger partial charge on any atom is 0.142 e. The number of hydrogen-bond acceptors (Lipinski definition) is 5. The lowest BCUT2D eigenvalue weighted by Crippen LogP contribution is -2.05. The van der Waals surface area contributed by atoms with Crippen LogP contribution in [-0.4, -0.2) is 17.1 Å². The standard InChI is InChI=1S/C19H19ClN4O/c1-13-22-18(21-12-14-7-9-15(20)10-8-14)11-19(23-13)24-16-5-3-4-6-17(16)25-2/h3-11H,12H2,1-2H3,(H2,21,22,23,24). The Morgan fingerprint density at radius 3 is 2.48 bits per heavy atom. The number of nitrogens with zero attached hydrogens (tertiary/aromatic N) is 2. The molecule has 3 rings (SSSR count). The van der Waals surface area contributed by atoms with Gasteiger partial charge in [0.25, 0.3) is 0 Å². The van der Waals surface area contributed by atoms with Crippen molar-refractivity contribution in [2.24, 2.45) is 0 Å². The quantitative estimate of drug-likeness (QED) is 0.665. The van der Waals surface area contributed by atoms with Crippen molar-refractivity contribution in [2.45, 2.75) is 13.5 Å². The number of hydrogen-bond donors (Lipinski definition) is 2. The van der Waals surface area contributed by atoms with Gasteiger partial charge in [0.2, 0.25) is 0 Å². The van der Waals surface area contributed by atoms with Gasteiger partial charge in [-0.15, -0.1) is 0 Å². The highest BCUT2D eigenvalue weighted by Crippen LogP contribution is 2.27. The van der Waals surface area contributed by atoms with Crippen molar-refractivity contribution in [1.29, 1.82) is 0 Å². The van der Waals surface area contributed by atoms with Crippen LogP contribution in [0.1, 0.15) is 11.4 Å². The summed E-state index contributed by atoms with van der Waals surface area (Å²) in [6, 6.07) is 17.3. The highest BCUT2D eigenvalue weighted by molar-refractivity contribution is 6.30. The monoisotopic (exact) mass is 354 g/mol. The Morgan fingerprint density at radius 2 is 1.72 bits per heavy atom. The first-order valence-corrected chi connectivity index (χ1v) is 8.26. The van der Waals surface area contributed by atoms with Crippen LogP contribution in [0.5, 0.6) is 5.75 Å². The van der Waals surface area contributed by atoms with E-state index in [9.17, 15) is 0 Å². The summed E-state index contributed by atoms with van der Waals surface area (Å²) in [5.41, 5.74) is 1.98. The fraction of sp³-hybridized carbons (Fsp3) is 0.158. The molecule has 5 nitrogen and oxygen atoms in total. The molecule has 3 aromatic rings. The fourth-order valence-corrected chi connectivity index (χ4v) is 2.53. The van der Waals surface area contributed by atoms with Crippen LogP contribution in [0.2, 0.25) is 5.02 Å². The zero-order chi connectivity index (χ0) is 17.6. The third-order valence-corrected chi connectivity index (χ3v) is 3.85. The molecule has 2 N–H and O–H groups in total. The molecule has 128 valence electrons. The smallest absolute Gasteiger partial charge is 0.142 e. The number of methoxy groups -OCH3 is 1. The van der Waals surface area contributed by atoms with Crippen molar-refractivity contribution in [3.8, 4) is 5.75 Å². The minimum Gasteiger partial charge on any atom is -0.495 e. The van der Waals surface area contributed by atoms with E-state index in [0.29, 0.717) is 18.2 Å². The van der Waals surface area contributed by atoms with Crippen LogP contribution in [0.15, 0.2) is 54.6 Å². The highest BCUT2D eigenvalue weighted by atomic mass is 35.5. The predicted octanol–water partition coefficient (Wildman–Crippen LogP) is 4.80. The summed E-state index contributed by atoms with van der Waals surface area (Å²) in [7, 11) is 1.64. The second kappa shape index (κ2) is 7.85. The Balaban J connectivity index is 1.75. The molecule has 6 heteroatoms. The summed E-state index contributed by atoms with van der Waals surface area (Å²) in [4.78, 5) is 8.87. The summed E-state index contributed by atoms with van der Waals surface area (Å²) in [5, 5.41) is 7.31. The largest absolute Gasteiger partial charge is 0.495 e. The van der Waals surface area contributed by atoms with Crippen LogP contribution in [-0.2, 0) is 6.54 Å². The van der Waals surface area contributed by atoms with E-state index in [4.69, 9.17) is 16.3 Å². The van der Waals surface area contributed by atoms with Gasteiger partial charge >= 0.3 is 0 Å². The lowest BCUT2D eigenvalue weighted by molar-refractivity contribution is 0.417. The molecule has 1 aromatic heterocycles. The maximum absolute atomic E-state index is 5.91. The average Bonchev–Trinajstić information content (AvgIpc) is 2.61. The molecule has 0 saturated carbocycles. The third-order valence-electron chi connectivity index (χ3n) is 3.59. The molecule has 0 bridgehead atoms. The van der Waals surface area contributed by atoms with Gasteiger partial charge in [-0.3, -0.25) is 0 Å². The Bertz CT molecular complexity index is 852. The molecular formula is C19H19ClN4O.